The van der Waals surface area contributed by atoms with Crippen LogP contribution in [0.1, 0.15) is 6.92 Å². The summed E-state index contributed by atoms with van der Waals surface area (Å²) in [5.41, 5.74) is 0.733. The average molecular weight is 278 g/mol. The Labute approximate surface area is 119 Å². The molecule has 1 saturated heterocycles. The number of hydrogen-bond donors (Lipinski definition) is 1. The molecule has 0 bridgehead atoms. The number of nitro groups is 1. The molecule has 0 aliphatic carbocycles. The molecule has 6 nitrogen and oxygen atoms in total. The van der Waals surface area contributed by atoms with E-state index in [0.717, 1.165) is 26.2 Å². The van der Waals surface area contributed by atoms with Gasteiger partial charge in [0.2, 0.25) is 0 Å². The maximum atomic E-state index is 11.0. The number of piperazine rings is 1. The van der Waals surface area contributed by atoms with E-state index in [1.54, 1.807) is 12.1 Å². The lowest BCUT2D eigenvalue weighted by atomic mass is 10.2. The molecule has 1 fully saturated rings. The normalized spacial score (nSPS) is 18.7. The third kappa shape index (κ3) is 3.68. The van der Waals surface area contributed by atoms with E-state index in [1.807, 2.05) is 6.07 Å². The van der Waals surface area contributed by atoms with Crippen LogP contribution in [0.4, 0.5) is 11.4 Å². The Morgan fingerprint density at radius 3 is 2.60 bits per heavy atom. The highest BCUT2D eigenvalue weighted by Gasteiger charge is 2.20. The van der Waals surface area contributed by atoms with Gasteiger partial charge in [-0.25, -0.2) is 0 Å². The molecule has 20 heavy (non-hydrogen) atoms. The zero-order valence-electron chi connectivity index (χ0n) is 12.1. The number of para-hydroxylation sites is 2. The molecule has 1 N–H and O–H groups in total. The molecule has 0 amide bonds. The number of anilines is 1. The number of rotatable bonds is 5. The first kappa shape index (κ1) is 14.7. The van der Waals surface area contributed by atoms with Crippen molar-refractivity contribution >= 4 is 11.4 Å². The molecule has 110 valence electrons. The van der Waals surface area contributed by atoms with Crippen molar-refractivity contribution < 1.29 is 4.92 Å². The van der Waals surface area contributed by atoms with E-state index in [-0.39, 0.29) is 10.6 Å². The standard InChI is InChI=1S/C14H22N4O2/c1-12(17-9-7-16(2)8-10-17)11-15-13-5-3-4-6-14(13)18(19)20/h3-6,12,15H,7-11H2,1-2H3. The molecule has 0 aromatic heterocycles. The molecule has 1 aliphatic rings. The summed E-state index contributed by atoms with van der Waals surface area (Å²) >= 11 is 0. The Hall–Kier alpha value is -1.66. The van der Waals surface area contributed by atoms with E-state index in [0.29, 0.717) is 18.3 Å². The molecular formula is C14H22N4O2. The Morgan fingerprint density at radius 1 is 1.30 bits per heavy atom. The third-order valence-corrected chi connectivity index (χ3v) is 3.85. The highest BCUT2D eigenvalue weighted by molar-refractivity contribution is 5.61. The van der Waals surface area contributed by atoms with Crippen LogP contribution in [0.15, 0.2) is 24.3 Å². The maximum absolute atomic E-state index is 11.0. The lowest BCUT2D eigenvalue weighted by molar-refractivity contribution is -0.384. The van der Waals surface area contributed by atoms with Crippen LogP contribution < -0.4 is 5.32 Å². The number of benzene rings is 1. The minimum absolute atomic E-state index is 0.137. The molecule has 0 radical (unpaired) electrons. The predicted molar refractivity (Wildman–Crippen MR) is 80.1 cm³/mol. The number of nitrogens with zero attached hydrogens (tertiary/aromatic N) is 3. The highest BCUT2D eigenvalue weighted by Crippen LogP contribution is 2.23. The van der Waals surface area contributed by atoms with E-state index in [2.05, 4.69) is 29.1 Å². The second-order valence-electron chi connectivity index (χ2n) is 5.34. The fourth-order valence-corrected chi connectivity index (χ4v) is 2.43. The number of nitro benzene ring substituents is 1. The van der Waals surface area contributed by atoms with Gasteiger partial charge in [0.1, 0.15) is 5.69 Å². The molecule has 6 heteroatoms. The van der Waals surface area contributed by atoms with E-state index in [9.17, 15) is 10.1 Å². The van der Waals surface area contributed by atoms with Gasteiger partial charge in [0.25, 0.3) is 5.69 Å². The molecule has 1 aromatic rings. The van der Waals surface area contributed by atoms with E-state index >= 15 is 0 Å². The van der Waals surface area contributed by atoms with Crippen molar-refractivity contribution in [3.05, 3.63) is 34.4 Å². The number of nitrogens with one attached hydrogen (secondary N) is 1. The first-order valence-electron chi connectivity index (χ1n) is 6.98. The minimum atomic E-state index is -0.344. The first-order chi connectivity index (χ1) is 9.58. The van der Waals surface area contributed by atoms with Gasteiger partial charge in [0, 0.05) is 44.8 Å². The molecule has 1 unspecified atom stereocenters. The van der Waals surface area contributed by atoms with Crippen LogP contribution in [0.3, 0.4) is 0 Å². The summed E-state index contributed by atoms with van der Waals surface area (Å²) in [6.45, 7) is 7.14. The molecule has 1 aliphatic heterocycles. The van der Waals surface area contributed by atoms with Gasteiger partial charge in [0.05, 0.1) is 4.92 Å². The van der Waals surface area contributed by atoms with E-state index in [1.165, 1.54) is 6.07 Å². The number of hydrogen-bond acceptors (Lipinski definition) is 5. The zero-order chi connectivity index (χ0) is 14.5. The Morgan fingerprint density at radius 2 is 1.95 bits per heavy atom. The third-order valence-electron chi connectivity index (χ3n) is 3.85. The summed E-state index contributed by atoms with van der Waals surface area (Å²) in [6.07, 6.45) is 0. The molecule has 0 saturated carbocycles. The van der Waals surface area contributed by atoms with Crippen LogP contribution in [-0.4, -0.2) is 60.5 Å². The van der Waals surface area contributed by atoms with E-state index < -0.39 is 0 Å². The zero-order valence-corrected chi connectivity index (χ0v) is 12.1. The summed E-state index contributed by atoms with van der Waals surface area (Å²) < 4.78 is 0. The highest BCUT2D eigenvalue weighted by atomic mass is 16.6. The van der Waals surface area contributed by atoms with Crippen molar-refractivity contribution in [1.82, 2.24) is 9.80 Å². The Bertz CT molecular complexity index is 458. The largest absolute Gasteiger partial charge is 0.378 e. The second kappa shape index (κ2) is 6.67. The molecule has 1 atom stereocenters. The Balaban J connectivity index is 1.90. The van der Waals surface area contributed by atoms with Gasteiger partial charge < -0.3 is 10.2 Å². The monoisotopic (exact) mass is 278 g/mol. The van der Waals surface area contributed by atoms with Gasteiger partial charge in [0.15, 0.2) is 0 Å². The van der Waals surface area contributed by atoms with Crippen molar-refractivity contribution in [2.75, 3.05) is 45.1 Å². The fraction of sp³-hybridized carbons (Fsp3) is 0.571. The van der Waals surface area contributed by atoms with Crippen LogP contribution in [0.5, 0.6) is 0 Å². The second-order valence-corrected chi connectivity index (χ2v) is 5.34. The van der Waals surface area contributed by atoms with Crippen LogP contribution in [0.25, 0.3) is 0 Å². The summed E-state index contributed by atoms with van der Waals surface area (Å²) in [5.74, 6) is 0. The van der Waals surface area contributed by atoms with Crippen molar-refractivity contribution in [2.24, 2.45) is 0 Å². The van der Waals surface area contributed by atoms with Crippen LogP contribution in [-0.2, 0) is 0 Å². The lowest BCUT2D eigenvalue weighted by Crippen LogP contribution is -2.49. The maximum Gasteiger partial charge on any atom is 0.292 e. The van der Waals surface area contributed by atoms with Crippen LogP contribution >= 0.6 is 0 Å². The lowest BCUT2D eigenvalue weighted by Gasteiger charge is -2.36. The topological polar surface area (TPSA) is 61.7 Å². The van der Waals surface area contributed by atoms with Crippen molar-refractivity contribution in [2.45, 2.75) is 13.0 Å². The molecular weight excluding hydrogens is 256 g/mol. The quantitative estimate of drug-likeness (QED) is 0.655. The fourth-order valence-electron chi connectivity index (χ4n) is 2.43. The summed E-state index contributed by atoms with van der Waals surface area (Å²) in [5, 5.41) is 14.2. The van der Waals surface area contributed by atoms with Gasteiger partial charge in [-0.05, 0) is 20.0 Å². The van der Waals surface area contributed by atoms with Gasteiger partial charge in [-0.1, -0.05) is 12.1 Å². The SMILES string of the molecule is CC(CNc1ccccc1[N+](=O)[O-])N1CCN(C)CC1. The van der Waals surface area contributed by atoms with Gasteiger partial charge in [-0.15, -0.1) is 0 Å². The van der Waals surface area contributed by atoms with Crippen LogP contribution in [0, 0.1) is 10.1 Å². The molecule has 2 rings (SSSR count). The molecule has 1 heterocycles. The van der Waals surface area contributed by atoms with Gasteiger partial charge >= 0.3 is 0 Å². The molecule has 0 spiro atoms. The summed E-state index contributed by atoms with van der Waals surface area (Å²) in [6, 6.07) is 7.16. The number of likely N-dealkylation sites (N-methyl/N-ethyl adjacent to an activating group) is 1. The smallest absolute Gasteiger partial charge is 0.292 e. The summed E-state index contributed by atoms with van der Waals surface area (Å²) in [7, 11) is 2.13. The Kier molecular flexibility index (Phi) is 4.92. The van der Waals surface area contributed by atoms with Crippen molar-refractivity contribution in [3.8, 4) is 0 Å². The van der Waals surface area contributed by atoms with E-state index in [4.69, 9.17) is 0 Å². The van der Waals surface area contributed by atoms with Gasteiger partial charge in [-0.3, -0.25) is 15.0 Å². The predicted octanol–water partition coefficient (Wildman–Crippen LogP) is 1.64. The van der Waals surface area contributed by atoms with Crippen molar-refractivity contribution in [1.29, 1.82) is 0 Å². The summed E-state index contributed by atoms with van der Waals surface area (Å²) in [4.78, 5) is 15.3. The van der Waals surface area contributed by atoms with Crippen LogP contribution in [0.2, 0.25) is 0 Å². The average Bonchev–Trinajstić information content (AvgIpc) is 2.45. The first-order valence-corrected chi connectivity index (χ1v) is 6.98. The van der Waals surface area contributed by atoms with Crippen molar-refractivity contribution in [3.63, 3.8) is 0 Å². The van der Waals surface area contributed by atoms with Gasteiger partial charge in [-0.2, -0.15) is 0 Å². The minimum Gasteiger partial charge on any atom is -0.378 e. The molecule has 1 aromatic carbocycles.